The van der Waals surface area contributed by atoms with Crippen LogP contribution >= 0.6 is 34.3 Å². The van der Waals surface area contributed by atoms with Crippen LogP contribution in [0.1, 0.15) is 38.6 Å². The van der Waals surface area contributed by atoms with Crippen molar-refractivity contribution in [2.45, 2.75) is 33.8 Å². The molecule has 1 amide bonds. The van der Waals surface area contributed by atoms with Crippen LogP contribution in [0, 0.1) is 13.8 Å². The molecule has 7 nitrogen and oxygen atoms in total. The summed E-state index contributed by atoms with van der Waals surface area (Å²) in [6, 6.07) is 5.43. The van der Waals surface area contributed by atoms with Crippen molar-refractivity contribution in [2.75, 3.05) is 11.9 Å². The van der Waals surface area contributed by atoms with Crippen LogP contribution in [-0.2, 0) is 22.6 Å². The van der Waals surface area contributed by atoms with Crippen LogP contribution in [0.25, 0.3) is 0 Å². The fourth-order valence-electron chi connectivity index (χ4n) is 2.54. The Bertz CT molecular complexity index is 1060. The molecule has 0 radical (unpaired) electrons. The molecule has 1 N–H and O–H groups in total. The molecule has 0 aliphatic carbocycles. The van der Waals surface area contributed by atoms with E-state index in [0.29, 0.717) is 43.8 Å². The number of halogens is 1. The zero-order valence-corrected chi connectivity index (χ0v) is 19.0. The molecule has 0 saturated carbocycles. The van der Waals surface area contributed by atoms with E-state index in [4.69, 9.17) is 21.1 Å². The van der Waals surface area contributed by atoms with Crippen molar-refractivity contribution in [3.63, 3.8) is 0 Å². The van der Waals surface area contributed by atoms with E-state index in [1.165, 1.54) is 22.7 Å². The van der Waals surface area contributed by atoms with E-state index in [-0.39, 0.29) is 24.9 Å². The Morgan fingerprint density at radius 3 is 2.77 bits per heavy atom. The van der Waals surface area contributed by atoms with E-state index >= 15 is 0 Å². The number of rotatable bonds is 8. The van der Waals surface area contributed by atoms with E-state index in [9.17, 15) is 9.59 Å². The third-order valence-electron chi connectivity index (χ3n) is 3.94. The number of aromatic nitrogens is 2. The Balaban J connectivity index is 1.60. The van der Waals surface area contributed by atoms with Crippen molar-refractivity contribution in [1.82, 2.24) is 9.97 Å². The zero-order valence-electron chi connectivity index (χ0n) is 16.7. The number of hydrogen-bond donors (Lipinski definition) is 1. The van der Waals surface area contributed by atoms with Crippen molar-refractivity contribution in [3.8, 4) is 5.75 Å². The summed E-state index contributed by atoms with van der Waals surface area (Å²) in [5.41, 5.74) is 2.10. The maximum Gasteiger partial charge on any atom is 0.311 e. The number of esters is 1. The number of hydrogen-bond acceptors (Lipinski definition) is 8. The molecule has 2 heterocycles. The highest BCUT2D eigenvalue weighted by molar-refractivity contribution is 7.15. The fourth-order valence-corrected chi connectivity index (χ4v) is 4.23. The molecule has 158 valence electrons. The lowest BCUT2D eigenvalue weighted by molar-refractivity contribution is -0.142. The van der Waals surface area contributed by atoms with Gasteiger partial charge in [0.2, 0.25) is 0 Å². The average molecular weight is 466 g/mol. The lowest BCUT2D eigenvalue weighted by atomic mass is 10.2. The predicted molar refractivity (Wildman–Crippen MR) is 118 cm³/mol. The van der Waals surface area contributed by atoms with Gasteiger partial charge in [0.1, 0.15) is 22.2 Å². The highest BCUT2D eigenvalue weighted by Gasteiger charge is 2.18. The fraction of sp³-hybridized carbons (Fsp3) is 0.300. The van der Waals surface area contributed by atoms with Gasteiger partial charge >= 0.3 is 5.97 Å². The summed E-state index contributed by atoms with van der Waals surface area (Å²) < 4.78 is 10.7. The van der Waals surface area contributed by atoms with Crippen LogP contribution < -0.4 is 10.1 Å². The number of benzene rings is 1. The molecule has 0 spiro atoms. The van der Waals surface area contributed by atoms with Crippen LogP contribution in [0.3, 0.4) is 0 Å². The maximum absolute atomic E-state index is 12.6. The molecule has 30 heavy (non-hydrogen) atoms. The molecule has 3 aromatic rings. The Kier molecular flexibility index (Phi) is 7.41. The number of nitrogens with one attached hydrogen (secondary N) is 1. The number of carbonyl (C=O) groups excluding carboxylic acids is 2. The van der Waals surface area contributed by atoms with Gasteiger partial charge in [0.25, 0.3) is 5.91 Å². The molecule has 0 unspecified atom stereocenters. The minimum atomic E-state index is -0.348. The van der Waals surface area contributed by atoms with E-state index in [1.54, 1.807) is 31.4 Å². The van der Waals surface area contributed by atoms with Crippen molar-refractivity contribution in [2.24, 2.45) is 0 Å². The summed E-state index contributed by atoms with van der Waals surface area (Å²) in [4.78, 5) is 33.3. The number of carbonyl (C=O) groups is 2. The zero-order chi connectivity index (χ0) is 21.7. The minimum absolute atomic E-state index is 0.0749. The summed E-state index contributed by atoms with van der Waals surface area (Å²) in [5.74, 6) is 0.0443. The molecule has 2 aromatic heterocycles. The van der Waals surface area contributed by atoms with Crippen molar-refractivity contribution < 1.29 is 19.1 Å². The number of amides is 1. The molecule has 0 saturated heterocycles. The summed E-state index contributed by atoms with van der Waals surface area (Å²) in [7, 11) is 0. The van der Waals surface area contributed by atoms with Gasteiger partial charge in [0, 0.05) is 10.4 Å². The molecule has 0 aliphatic heterocycles. The molecular formula is C20H20ClN3O4S2. The van der Waals surface area contributed by atoms with Gasteiger partial charge in [-0.2, -0.15) is 0 Å². The van der Waals surface area contributed by atoms with Gasteiger partial charge in [0.15, 0.2) is 5.13 Å². The quantitative estimate of drug-likeness (QED) is 0.480. The molecule has 0 aliphatic rings. The van der Waals surface area contributed by atoms with Crippen LogP contribution in [0.5, 0.6) is 5.75 Å². The minimum Gasteiger partial charge on any atom is -0.486 e. The first-order valence-corrected chi connectivity index (χ1v) is 11.2. The lowest BCUT2D eigenvalue weighted by Gasteiger charge is -2.05. The van der Waals surface area contributed by atoms with Crippen LogP contribution in [-0.4, -0.2) is 28.5 Å². The smallest absolute Gasteiger partial charge is 0.311 e. The summed E-state index contributed by atoms with van der Waals surface area (Å²) in [5, 5.41) is 6.26. The monoisotopic (exact) mass is 465 g/mol. The van der Waals surface area contributed by atoms with Crippen molar-refractivity contribution in [3.05, 3.63) is 55.4 Å². The van der Waals surface area contributed by atoms with E-state index in [1.807, 2.05) is 13.0 Å². The van der Waals surface area contributed by atoms with E-state index in [0.717, 1.165) is 5.56 Å². The average Bonchev–Trinajstić information content (AvgIpc) is 3.29. The van der Waals surface area contributed by atoms with Gasteiger partial charge in [-0.15, -0.1) is 22.7 Å². The Morgan fingerprint density at radius 1 is 1.23 bits per heavy atom. The van der Waals surface area contributed by atoms with Gasteiger partial charge in [-0.3, -0.25) is 14.9 Å². The van der Waals surface area contributed by atoms with E-state index in [2.05, 4.69) is 15.3 Å². The predicted octanol–water partition coefficient (Wildman–Crippen LogP) is 4.81. The number of aryl methyl sites for hydroxylation is 2. The third kappa shape index (κ3) is 5.78. The molecule has 1 aromatic carbocycles. The van der Waals surface area contributed by atoms with Crippen molar-refractivity contribution in [1.29, 1.82) is 0 Å². The topological polar surface area (TPSA) is 90.4 Å². The van der Waals surface area contributed by atoms with Gasteiger partial charge < -0.3 is 9.47 Å². The molecule has 0 fully saturated rings. The number of anilines is 1. The first kappa shape index (κ1) is 22.2. The highest BCUT2D eigenvalue weighted by atomic mass is 35.5. The van der Waals surface area contributed by atoms with Crippen molar-refractivity contribution >= 4 is 51.3 Å². The number of thiazole rings is 2. The SMILES string of the molecule is CCOC(=O)Cc1csc(NC(=O)c2sc(COc3ccc(Cl)c(C)c3)nc2C)n1. The lowest BCUT2D eigenvalue weighted by Crippen LogP contribution is -2.12. The van der Waals surface area contributed by atoms with Gasteiger partial charge in [0.05, 0.1) is 24.4 Å². The number of nitrogens with zero attached hydrogens (tertiary/aromatic N) is 2. The Hall–Kier alpha value is -2.49. The van der Waals surface area contributed by atoms with Gasteiger partial charge in [-0.1, -0.05) is 11.6 Å². The highest BCUT2D eigenvalue weighted by Crippen LogP contribution is 2.25. The third-order valence-corrected chi connectivity index (χ3v) is 6.30. The first-order chi connectivity index (χ1) is 14.4. The van der Waals surface area contributed by atoms with Gasteiger partial charge in [-0.25, -0.2) is 9.97 Å². The maximum atomic E-state index is 12.6. The summed E-state index contributed by atoms with van der Waals surface area (Å²) in [6.45, 7) is 6.00. The second-order valence-electron chi connectivity index (χ2n) is 6.30. The molecule has 0 bridgehead atoms. The van der Waals surface area contributed by atoms with Crippen LogP contribution in [0.15, 0.2) is 23.6 Å². The van der Waals surface area contributed by atoms with Crippen LogP contribution in [0.2, 0.25) is 5.02 Å². The second-order valence-corrected chi connectivity index (χ2v) is 8.65. The summed E-state index contributed by atoms with van der Waals surface area (Å²) >= 11 is 8.55. The normalized spacial score (nSPS) is 10.7. The Morgan fingerprint density at radius 2 is 2.03 bits per heavy atom. The number of ether oxygens (including phenoxy) is 2. The summed E-state index contributed by atoms with van der Waals surface area (Å²) in [6.07, 6.45) is 0.0749. The van der Waals surface area contributed by atoms with Gasteiger partial charge in [-0.05, 0) is 44.5 Å². The van der Waals surface area contributed by atoms with Crippen LogP contribution in [0.4, 0.5) is 5.13 Å². The second kappa shape index (κ2) is 10.0. The standard InChI is InChI=1S/C20H20ClN3O4S2/c1-4-27-17(25)8-13-10-29-20(23-13)24-19(26)18-12(3)22-16(30-18)9-28-14-5-6-15(21)11(2)7-14/h5-7,10H,4,8-9H2,1-3H3,(H,23,24,26). The molecule has 10 heteroatoms. The molecule has 3 rings (SSSR count). The Labute approximate surface area is 187 Å². The largest absolute Gasteiger partial charge is 0.486 e. The molecule has 0 atom stereocenters. The van der Waals surface area contributed by atoms with E-state index < -0.39 is 0 Å². The molecular weight excluding hydrogens is 446 g/mol. The first-order valence-electron chi connectivity index (χ1n) is 9.12.